The molecule has 6 nitrogen and oxygen atoms in total. The highest BCUT2D eigenvalue weighted by Crippen LogP contribution is 2.30. The summed E-state index contributed by atoms with van der Waals surface area (Å²) >= 11 is 0. The van der Waals surface area contributed by atoms with Gasteiger partial charge in [0.2, 0.25) is 5.95 Å². The van der Waals surface area contributed by atoms with Crippen molar-refractivity contribution in [3.63, 3.8) is 0 Å². The number of para-hydroxylation sites is 3. The number of halogens is 1. The summed E-state index contributed by atoms with van der Waals surface area (Å²) in [4.78, 5) is 4.39. The molecule has 3 aromatic carbocycles. The average Bonchev–Trinajstić information content (AvgIpc) is 2.72. The van der Waals surface area contributed by atoms with Gasteiger partial charge in [0.25, 0.3) is 0 Å². The quantitative estimate of drug-likeness (QED) is 0.478. The normalized spacial score (nSPS) is 10.3. The number of hydrogen-bond acceptors (Lipinski definition) is 6. The summed E-state index contributed by atoms with van der Waals surface area (Å²) in [5.41, 5.74) is 1.40. The fourth-order valence-corrected chi connectivity index (χ4v) is 2.49. The Morgan fingerprint density at radius 1 is 0.786 bits per heavy atom. The Bertz CT molecular complexity index is 1060. The van der Waals surface area contributed by atoms with Crippen molar-refractivity contribution < 1.29 is 9.13 Å². The van der Waals surface area contributed by atoms with Crippen LogP contribution in [0, 0.1) is 5.82 Å². The molecule has 4 aromatic rings. The zero-order valence-corrected chi connectivity index (χ0v) is 14.7. The first-order valence-electron chi connectivity index (χ1n) is 8.57. The first-order chi connectivity index (χ1) is 13.8. The van der Waals surface area contributed by atoms with Gasteiger partial charge in [-0.05, 0) is 48.5 Å². The second-order valence-electron chi connectivity index (χ2n) is 5.83. The van der Waals surface area contributed by atoms with Crippen LogP contribution in [-0.2, 0) is 0 Å². The van der Waals surface area contributed by atoms with E-state index in [1.807, 2.05) is 54.6 Å². The number of nitrogens with one attached hydrogen (secondary N) is 2. The fourth-order valence-electron chi connectivity index (χ4n) is 2.49. The van der Waals surface area contributed by atoms with Crippen LogP contribution >= 0.6 is 0 Å². The Balaban J connectivity index is 1.52. The maximum absolute atomic E-state index is 13.0. The zero-order valence-electron chi connectivity index (χ0n) is 14.7. The molecule has 0 amide bonds. The second kappa shape index (κ2) is 8.13. The van der Waals surface area contributed by atoms with E-state index in [-0.39, 0.29) is 5.82 Å². The number of anilines is 4. The van der Waals surface area contributed by atoms with Crippen molar-refractivity contribution in [3.05, 3.63) is 90.9 Å². The monoisotopic (exact) mass is 373 g/mol. The van der Waals surface area contributed by atoms with Gasteiger partial charge in [-0.1, -0.05) is 30.3 Å². The minimum absolute atomic E-state index is 0.302. The number of rotatable bonds is 6. The molecule has 0 aliphatic carbocycles. The van der Waals surface area contributed by atoms with Crippen molar-refractivity contribution >= 4 is 23.1 Å². The smallest absolute Gasteiger partial charge is 0.249 e. The lowest BCUT2D eigenvalue weighted by Gasteiger charge is -2.12. The van der Waals surface area contributed by atoms with Crippen LogP contribution in [0.15, 0.2) is 85.1 Å². The summed E-state index contributed by atoms with van der Waals surface area (Å²) < 4.78 is 19.0. The number of ether oxygens (including phenoxy) is 1. The molecule has 1 heterocycles. The van der Waals surface area contributed by atoms with Crippen molar-refractivity contribution in [3.8, 4) is 11.5 Å². The Hall–Kier alpha value is -4.00. The topological polar surface area (TPSA) is 72.0 Å². The van der Waals surface area contributed by atoms with Gasteiger partial charge in [0, 0.05) is 5.69 Å². The van der Waals surface area contributed by atoms with E-state index >= 15 is 0 Å². The first-order valence-corrected chi connectivity index (χ1v) is 8.57. The van der Waals surface area contributed by atoms with Crippen LogP contribution in [0.1, 0.15) is 0 Å². The van der Waals surface area contributed by atoms with Crippen molar-refractivity contribution in [2.24, 2.45) is 0 Å². The highest BCUT2D eigenvalue weighted by atomic mass is 19.1. The van der Waals surface area contributed by atoms with E-state index in [1.54, 1.807) is 12.1 Å². The molecule has 0 spiro atoms. The molecule has 0 unspecified atom stereocenters. The summed E-state index contributed by atoms with van der Waals surface area (Å²) in [7, 11) is 0. The lowest BCUT2D eigenvalue weighted by atomic mass is 10.3. The molecule has 0 saturated carbocycles. The van der Waals surface area contributed by atoms with Gasteiger partial charge in [-0.15, -0.1) is 5.10 Å². The van der Waals surface area contributed by atoms with Crippen LogP contribution in [0.3, 0.4) is 0 Å². The summed E-state index contributed by atoms with van der Waals surface area (Å²) in [6, 6.07) is 22.9. The van der Waals surface area contributed by atoms with Gasteiger partial charge in [-0.25, -0.2) is 4.39 Å². The van der Waals surface area contributed by atoms with E-state index in [0.717, 1.165) is 5.75 Å². The number of nitrogens with zero attached hydrogens (tertiary/aromatic N) is 3. The molecule has 2 N–H and O–H groups in total. The highest BCUT2D eigenvalue weighted by molar-refractivity contribution is 5.64. The van der Waals surface area contributed by atoms with Crippen LogP contribution in [0.2, 0.25) is 0 Å². The SMILES string of the molecule is Fc1ccc(Nc2cnnc(Nc3ccccc3Oc3ccccc3)n2)cc1. The summed E-state index contributed by atoms with van der Waals surface area (Å²) in [5.74, 6) is 1.84. The molecule has 1 aromatic heterocycles. The van der Waals surface area contributed by atoms with Gasteiger partial charge in [-0.2, -0.15) is 10.1 Å². The average molecular weight is 373 g/mol. The van der Waals surface area contributed by atoms with Crippen LogP contribution < -0.4 is 15.4 Å². The fraction of sp³-hybridized carbons (Fsp3) is 0. The third-order valence-corrected chi connectivity index (χ3v) is 3.78. The van der Waals surface area contributed by atoms with Crippen LogP contribution in [0.5, 0.6) is 11.5 Å². The van der Waals surface area contributed by atoms with E-state index in [0.29, 0.717) is 28.9 Å². The van der Waals surface area contributed by atoms with Crippen LogP contribution in [0.25, 0.3) is 0 Å². The van der Waals surface area contributed by atoms with E-state index in [1.165, 1.54) is 18.3 Å². The first kappa shape index (κ1) is 17.4. The van der Waals surface area contributed by atoms with Crippen molar-refractivity contribution in [1.82, 2.24) is 15.2 Å². The molecular formula is C21H16FN5O. The highest BCUT2D eigenvalue weighted by Gasteiger charge is 2.08. The van der Waals surface area contributed by atoms with Crippen molar-refractivity contribution in [1.29, 1.82) is 0 Å². The third-order valence-electron chi connectivity index (χ3n) is 3.78. The molecule has 0 saturated heterocycles. The van der Waals surface area contributed by atoms with Crippen LogP contribution in [-0.4, -0.2) is 15.2 Å². The Kier molecular flexibility index (Phi) is 5.06. The largest absolute Gasteiger partial charge is 0.455 e. The molecule has 0 aliphatic rings. The predicted octanol–water partition coefficient (Wildman–Crippen LogP) is 5.29. The number of aromatic nitrogens is 3. The lowest BCUT2D eigenvalue weighted by Crippen LogP contribution is -2.03. The number of hydrogen-bond donors (Lipinski definition) is 2. The molecule has 0 bridgehead atoms. The van der Waals surface area contributed by atoms with Gasteiger partial charge in [-0.3, -0.25) is 0 Å². The maximum Gasteiger partial charge on any atom is 0.249 e. The Morgan fingerprint density at radius 2 is 1.54 bits per heavy atom. The maximum atomic E-state index is 13.0. The second-order valence-corrected chi connectivity index (χ2v) is 5.83. The van der Waals surface area contributed by atoms with E-state index in [4.69, 9.17) is 4.74 Å². The summed E-state index contributed by atoms with van der Waals surface area (Å²) in [6.07, 6.45) is 1.49. The van der Waals surface area contributed by atoms with Crippen molar-refractivity contribution in [2.45, 2.75) is 0 Å². The molecule has 28 heavy (non-hydrogen) atoms. The van der Waals surface area contributed by atoms with Crippen molar-refractivity contribution in [2.75, 3.05) is 10.6 Å². The zero-order chi connectivity index (χ0) is 19.2. The molecule has 0 radical (unpaired) electrons. The van der Waals surface area contributed by atoms with Gasteiger partial charge in [0.1, 0.15) is 11.6 Å². The van der Waals surface area contributed by atoms with E-state index in [9.17, 15) is 4.39 Å². The molecule has 4 rings (SSSR count). The minimum Gasteiger partial charge on any atom is -0.455 e. The summed E-state index contributed by atoms with van der Waals surface area (Å²) in [5, 5.41) is 14.1. The molecule has 0 atom stereocenters. The van der Waals surface area contributed by atoms with E-state index < -0.39 is 0 Å². The molecule has 138 valence electrons. The van der Waals surface area contributed by atoms with Gasteiger partial charge in [0.05, 0.1) is 11.9 Å². The molecule has 7 heteroatoms. The number of benzene rings is 3. The van der Waals surface area contributed by atoms with Gasteiger partial charge >= 0.3 is 0 Å². The third kappa shape index (κ3) is 4.39. The summed E-state index contributed by atoms with van der Waals surface area (Å²) in [6.45, 7) is 0. The minimum atomic E-state index is -0.302. The molecule has 0 aliphatic heterocycles. The van der Waals surface area contributed by atoms with Gasteiger partial charge < -0.3 is 15.4 Å². The van der Waals surface area contributed by atoms with Crippen LogP contribution in [0.4, 0.5) is 27.5 Å². The molecular weight excluding hydrogens is 357 g/mol. The standard InChI is InChI=1S/C21H16FN5O/c22-15-10-12-16(13-11-15)24-20-14-23-27-21(26-20)25-18-8-4-5-9-19(18)28-17-6-2-1-3-7-17/h1-14H,(H2,24,25,26,27). The molecule has 0 fully saturated rings. The lowest BCUT2D eigenvalue weighted by molar-refractivity contribution is 0.485. The Morgan fingerprint density at radius 3 is 2.36 bits per heavy atom. The van der Waals surface area contributed by atoms with E-state index in [2.05, 4.69) is 25.8 Å². The van der Waals surface area contributed by atoms with Gasteiger partial charge in [0.15, 0.2) is 11.6 Å². The predicted molar refractivity (Wildman–Crippen MR) is 106 cm³/mol. The Labute approximate surface area is 161 Å².